The summed E-state index contributed by atoms with van der Waals surface area (Å²) in [6, 6.07) is 18.2. The summed E-state index contributed by atoms with van der Waals surface area (Å²) in [6.07, 6.45) is 4.90. The summed E-state index contributed by atoms with van der Waals surface area (Å²) in [4.78, 5) is 13.3. The quantitative estimate of drug-likeness (QED) is 0.750. The molecule has 1 amide bonds. The fraction of sp³-hybridized carbons (Fsp3) is 0.227. The summed E-state index contributed by atoms with van der Waals surface area (Å²) in [5.74, 6) is -0.643. The van der Waals surface area contributed by atoms with Crippen LogP contribution in [0.15, 0.2) is 73.1 Å². The average Bonchev–Trinajstić information content (AvgIpc) is 3.25. The SMILES string of the molecule is O=C(Nc1cc(-n2cccc2)ccc1F)C1(c2ccccc2)CCOCC1. The third-order valence-corrected chi connectivity index (χ3v) is 5.21. The van der Waals surface area contributed by atoms with Crippen LogP contribution in [0.3, 0.4) is 0 Å². The predicted octanol–water partition coefficient (Wildman–Crippen LogP) is 4.30. The number of hydrogen-bond acceptors (Lipinski definition) is 2. The molecule has 0 spiro atoms. The fourth-order valence-electron chi connectivity index (χ4n) is 3.64. The number of anilines is 1. The lowest BCUT2D eigenvalue weighted by molar-refractivity contribution is -0.125. The molecule has 0 atom stereocenters. The molecule has 138 valence electrons. The van der Waals surface area contributed by atoms with Crippen LogP contribution in [0.25, 0.3) is 5.69 Å². The average molecular weight is 364 g/mol. The molecule has 4 rings (SSSR count). The highest BCUT2D eigenvalue weighted by molar-refractivity contribution is 5.99. The topological polar surface area (TPSA) is 43.3 Å². The van der Waals surface area contributed by atoms with Crippen LogP contribution in [-0.4, -0.2) is 23.7 Å². The molecule has 1 aliphatic heterocycles. The smallest absolute Gasteiger partial charge is 0.235 e. The molecule has 0 unspecified atom stereocenters. The van der Waals surface area contributed by atoms with Gasteiger partial charge < -0.3 is 14.6 Å². The zero-order valence-corrected chi connectivity index (χ0v) is 14.9. The third-order valence-electron chi connectivity index (χ3n) is 5.21. The summed E-state index contributed by atoms with van der Waals surface area (Å²) in [5.41, 5.74) is 1.20. The van der Waals surface area contributed by atoms with Gasteiger partial charge in [0.25, 0.3) is 0 Å². The molecule has 1 aliphatic rings. The van der Waals surface area contributed by atoms with Crippen molar-refractivity contribution in [3.05, 3.63) is 84.4 Å². The van der Waals surface area contributed by atoms with E-state index in [9.17, 15) is 9.18 Å². The monoisotopic (exact) mass is 364 g/mol. The van der Waals surface area contributed by atoms with Crippen LogP contribution in [0.1, 0.15) is 18.4 Å². The minimum Gasteiger partial charge on any atom is -0.381 e. The maximum Gasteiger partial charge on any atom is 0.235 e. The number of nitrogens with zero attached hydrogens (tertiary/aromatic N) is 1. The van der Waals surface area contributed by atoms with Gasteiger partial charge in [-0.2, -0.15) is 0 Å². The number of ether oxygens (including phenoxy) is 1. The van der Waals surface area contributed by atoms with E-state index >= 15 is 0 Å². The van der Waals surface area contributed by atoms with Crippen LogP contribution in [0.5, 0.6) is 0 Å². The van der Waals surface area contributed by atoms with Crippen LogP contribution < -0.4 is 5.32 Å². The molecule has 0 saturated carbocycles. The van der Waals surface area contributed by atoms with E-state index in [2.05, 4.69) is 5.32 Å². The van der Waals surface area contributed by atoms with Gasteiger partial charge in [0.15, 0.2) is 0 Å². The molecular formula is C22H21FN2O2. The van der Waals surface area contributed by atoms with Crippen molar-refractivity contribution in [2.24, 2.45) is 0 Å². The standard InChI is InChI=1S/C22H21FN2O2/c23-19-9-8-18(25-12-4-5-13-25)16-20(19)24-21(26)22(10-14-27-15-11-22)17-6-2-1-3-7-17/h1-9,12-13,16H,10-11,14-15H2,(H,24,26). The number of carbonyl (C=O) groups is 1. The van der Waals surface area contributed by atoms with Crippen LogP contribution >= 0.6 is 0 Å². The summed E-state index contributed by atoms with van der Waals surface area (Å²) in [7, 11) is 0. The second-order valence-corrected chi connectivity index (χ2v) is 6.77. The first kappa shape index (κ1) is 17.5. The van der Waals surface area contributed by atoms with Crippen molar-refractivity contribution in [2.75, 3.05) is 18.5 Å². The number of amides is 1. The lowest BCUT2D eigenvalue weighted by atomic mass is 9.73. The lowest BCUT2D eigenvalue weighted by Gasteiger charge is -2.36. The van der Waals surface area contributed by atoms with Gasteiger partial charge in [-0.25, -0.2) is 4.39 Å². The number of aromatic nitrogens is 1. The van der Waals surface area contributed by atoms with E-state index in [0.717, 1.165) is 11.3 Å². The van der Waals surface area contributed by atoms with Gasteiger partial charge in [-0.15, -0.1) is 0 Å². The van der Waals surface area contributed by atoms with E-state index in [1.54, 1.807) is 12.1 Å². The molecule has 2 heterocycles. The van der Waals surface area contributed by atoms with Crippen molar-refractivity contribution < 1.29 is 13.9 Å². The Morgan fingerprint density at radius 3 is 2.41 bits per heavy atom. The van der Waals surface area contributed by atoms with Crippen molar-refractivity contribution in [1.82, 2.24) is 4.57 Å². The maximum atomic E-state index is 14.4. The van der Waals surface area contributed by atoms with Gasteiger partial charge in [-0.05, 0) is 48.7 Å². The van der Waals surface area contributed by atoms with E-state index in [1.165, 1.54) is 6.07 Å². The highest BCUT2D eigenvalue weighted by atomic mass is 19.1. The summed E-state index contributed by atoms with van der Waals surface area (Å²) in [6.45, 7) is 1.02. The first-order valence-electron chi connectivity index (χ1n) is 9.07. The summed E-state index contributed by atoms with van der Waals surface area (Å²) < 4.78 is 21.8. The molecule has 1 saturated heterocycles. The Hall–Kier alpha value is -2.92. The highest BCUT2D eigenvalue weighted by Gasteiger charge is 2.41. The summed E-state index contributed by atoms with van der Waals surface area (Å²) in [5, 5.41) is 2.84. The fourth-order valence-corrected chi connectivity index (χ4v) is 3.64. The van der Waals surface area contributed by atoms with Crippen molar-refractivity contribution in [2.45, 2.75) is 18.3 Å². The van der Waals surface area contributed by atoms with E-state index in [4.69, 9.17) is 4.74 Å². The maximum absolute atomic E-state index is 14.4. The van der Waals surface area contributed by atoms with E-state index < -0.39 is 11.2 Å². The van der Waals surface area contributed by atoms with Crippen LogP contribution in [-0.2, 0) is 14.9 Å². The molecule has 27 heavy (non-hydrogen) atoms. The van der Waals surface area contributed by atoms with E-state index in [1.807, 2.05) is 59.4 Å². The largest absolute Gasteiger partial charge is 0.381 e. The second kappa shape index (κ2) is 7.37. The van der Waals surface area contributed by atoms with Gasteiger partial charge >= 0.3 is 0 Å². The van der Waals surface area contributed by atoms with Crippen molar-refractivity contribution in [1.29, 1.82) is 0 Å². The predicted molar refractivity (Wildman–Crippen MR) is 103 cm³/mol. The van der Waals surface area contributed by atoms with Gasteiger partial charge in [0, 0.05) is 31.3 Å². The zero-order valence-electron chi connectivity index (χ0n) is 14.9. The third kappa shape index (κ3) is 3.38. The normalized spacial score (nSPS) is 16.0. The van der Waals surface area contributed by atoms with E-state index in [-0.39, 0.29) is 11.6 Å². The Kier molecular flexibility index (Phi) is 4.77. The Labute approximate surface area is 157 Å². The van der Waals surface area contributed by atoms with Gasteiger partial charge in [0.05, 0.1) is 11.1 Å². The summed E-state index contributed by atoms with van der Waals surface area (Å²) >= 11 is 0. The number of carbonyl (C=O) groups excluding carboxylic acids is 1. The van der Waals surface area contributed by atoms with Crippen LogP contribution in [0.4, 0.5) is 10.1 Å². The first-order valence-corrected chi connectivity index (χ1v) is 9.07. The molecule has 0 aliphatic carbocycles. The number of halogens is 1. The first-order chi connectivity index (χ1) is 13.2. The molecular weight excluding hydrogens is 343 g/mol. The van der Waals surface area contributed by atoms with Crippen molar-refractivity contribution in [3.63, 3.8) is 0 Å². The number of rotatable bonds is 4. The molecule has 2 aromatic carbocycles. The molecule has 0 bridgehead atoms. The van der Waals surface area contributed by atoms with Crippen LogP contribution in [0, 0.1) is 5.82 Å². The van der Waals surface area contributed by atoms with Gasteiger partial charge in [-0.1, -0.05) is 30.3 Å². The molecule has 5 heteroatoms. The lowest BCUT2D eigenvalue weighted by Crippen LogP contribution is -2.45. The van der Waals surface area contributed by atoms with Gasteiger partial charge in [0.1, 0.15) is 5.82 Å². The molecule has 1 aromatic heterocycles. The number of nitrogens with one attached hydrogen (secondary N) is 1. The molecule has 1 N–H and O–H groups in total. The minimum atomic E-state index is -0.713. The number of hydrogen-bond donors (Lipinski definition) is 1. The minimum absolute atomic E-state index is 0.188. The molecule has 0 radical (unpaired) electrons. The van der Waals surface area contributed by atoms with E-state index in [0.29, 0.717) is 26.1 Å². The van der Waals surface area contributed by atoms with Crippen LogP contribution in [0.2, 0.25) is 0 Å². The molecule has 1 fully saturated rings. The Morgan fingerprint density at radius 2 is 1.70 bits per heavy atom. The number of benzene rings is 2. The Bertz CT molecular complexity index is 917. The Balaban J connectivity index is 1.67. The van der Waals surface area contributed by atoms with Gasteiger partial charge in [-0.3, -0.25) is 4.79 Å². The van der Waals surface area contributed by atoms with Crippen molar-refractivity contribution in [3.8, 4) is 5.69 Å². The molecule has 3 aromatic rings. The zero-order chi connectivity index (χ0) is 18.7. The van der Waals surface area contributed by atoms with Gasteiger partial charge in [0.2, 0.25) is 5.91 Å². The molecule has 4 nitrogen and oxygen atoms in total. The Morgan fingerprint density at radius 1 is 1.00 bits per heavy atom. The highest BCUT2D eigenvalue weighted by Crippen LogP contribution is 2.36. The van der Waals surface area contributed by atoms with Crippen molar-refractivity contribution >= 4 is 11.6 Å². The second-order valence-electron chi connectivity index (χ2n) is 6.77.